The predicted octanol–water partition coefficient (Wildman–Crippen LogP) is 1.20. The minimum absolute atomic E-state index is 0.155. The first-order valence-electron chi connectivity index (χ1n) is 6.24. The highest BCUT2D eigenvalue weighted by molar-refractivity contribution is 6.05. The lowest BCUT2D eigenvalue weighted by atomic mass is 9.72. The van der Waals surface area contributed by atoms with E-state index in [9.17, 15) is 9.59 Å². The van der Waals surface area contributed by atoms with Gasteiger partial charge in [-0.25, -0.2) is 0 Å². The monoisotopic (exact) mass is 244 g/mol. The molecule has 4 N–H and O–H groups in total. The van der Waals surface area contributed by atoms with Crippen LogP contribution in [0, 0.1) is 0 Å². The van der Waals surface area contributed by atoms with E-state index in [0.717, 1.165) is 35.1 Å². The van der Waals surface area contributed by atoms with Gasteiger partial charge >= 0.3 is 0 Å². The quantitative estimate of drug-likeness (QED) is 0.819. The fraction of sp³-hybridized carbons (Fsp3) is 0.429. The van der Waals surface area contributed by atoms with Gasteiger partial charge in [0.2, 0.25) is 11.8 Å². The third kappa shape index (κ3) is 1.15. The van der Waals surface area contributed by atoms with Crippen molar-refractivity contribution in [3.05, 3.63) is 33.4 Å². The zero-order valence-electron chi connectivity index (χ0n) is 10.5. The predicted molar refractivity (Wildman–Crippen MR) is 67.7 cm³/mol. The molecule has 2 unspecified atom stereocenters. The Balaban J connectivity index is 2.41. The summed E-state index contributed by atoms with van der Waals surface area (Å²) in [6, 6.07) is 0. The Kier molecular flexibility index (Phi) is 2.09. The average molecular weight is 244 g/mol. The van der Waals surface area contributed by atoms with E-state index in [-0.39, 0.29) is 5.92 Å². The van der Waals surface area contributed by atoms with E-state index in [4.69, 9.17) is 11.5 Å². The molecule has 0 fully saturated rings. The Bertz CT molecular complexity index is 605. The maximum absolute atomic E-state index is 11.7. The van der Waals surface area contributed by atoms with Crippen LogP contribution in [0.25, 0.3) is 0 Å². The molecule has 2 aliphatic rings. The number of primary amides is 2. The molecule has 1 aromatic carbocycles. The van der Waals surface area contributed by atoms with E-state index < -0.39 is 11.8 Å². The Morgan fingerprint density at radius 1 is 0.889 bits per heavy atom. The molecule has 94 valence electrons. The van der Waals surface area contributed by atoms with Gasteiger partial charge in [0, 0.05) is 11.1 Å². The lowest BCUT2D eigenvalue weighted by Gasteiger charge is -2.32. The lowest BCUT2D eigenvalue weighted by molar-refractivity contribution is 0.0997. The Labute approximate surface area is 105 Å². The topological polar surface area (TPSA) is 86.2 Å². The summed E-state index contributed by atoms with van der Waals surface area (Å²) in [6.45, 7) is 4.10. The van der Waals surface area contributed by atoms with Gasteiger partial charge in [-0.15, -0.1) is 0 Å². The van der Waals surface area contributed by atoms with Crippen molar-refractivity contribution in [1.82, 2.24) is 0 Å². The van der Waals surface area contributed by atoms with E-state index in [2.05, 4.69) is 6.92 Å². The van der Waals surface area contributed by atoms with Crippen molar-refractivity contribution in [2.24, 2.45) is 11.5 Å². The second-order valence-electron chi connectivity index (χ2n) is 5.47. The zero-order valence-corrected chi connectivity index (χ0v) is 10.5. The van der Waals surface area contributed by atoms with Crippen LogP contribution in [-0.4, -0.2) is 11.8 Å². The molecule has 4 nitrogen and oxygen atoms in total. The van der Waals surface area contributed by atoms with Gasteiger partial charge in [0.25, 0.3) is 0 Å². The van der Waals surface area contributed by atoms with E-state index in [0.29, 0.717) is 17.0 Å². The minimum atomic E-state index is -0.436. The van der Waals surface area contributed by atoms with E-state index >= 15 is 0 Å². The Morgan fingerprint density at radius 2 is 1.39 bits per heavy atom. The molecule has 0 radical (unpaired) electrons. The highest BCUT2D eigenvalue weighted by Gasteiger charge is 2.41. The molecule has 0 spiro atoms. The number of carbonyl (C=O) groups excluding carboxylic acids is 2. The molecule has 0 aromatic heterocycles. The van der Waals surface area contributed by atoms with Crippen molar-refractivity contribution in [2.45, 2.75) is 38.5 Å². The maximum Gasteiger partial charge on any atom is 0.249 e. The molecule has 3 rings (SSSR count). The van der Waals surface area contributed by atoms with Crippen molar-refractivity contribution in [3.8, 4) is 0 Å². The standard InChI is InChI=1S/C14H16N2O2/c1-5-3-7-8-4-6(2)10(11(8)13(15)17)12(9(5)7)14(16)18/h5-6H,3-4H2,1-2H3,(H2,15,17)(H2,16,18). The number of carbonyl (C=O) groups is 2. The molecular formula is C14H16N2O2. The summed E-state index contributed by atoms with van der Waals surface area (Å²) in [5.74, 6) is -0.361. The number of hydrogen-bond donors (Lipinski definition) is 2. The smallest absolute Gasteiger partial charge is 0.249 e. The summed E-state index contributed by atoms with van der Waals surface area (Å²) >= 11 is 0. The molecule has 2 atom stereocenters. The fourth-order valence-corrected chi connectivity index (χ4v) is 3.62. The van der Waals surface area contributed by atoms with Crippen LogP contribution in [0.5, 0.6) is 0 Å². The summed E-state index contributed by atoms with van der Waals surface area (Å²) in [5, 5.41) is 0. The number of nitrogens with two attached hydrogens (primary N) is 2. The van der Waals surface area contributed by atoms with Crippen molar-refractivity contribution >= 4 is 11.8 Å². The molecule has 0 heterocycles. The van der Waals surface area contributed by atoms with Gasteiger partial charge in [-0.3, -0.25) is 9.59 Å². The Hall–Kier alpha value is -1.84. The molecule has 2 amide bonds. The lowest BCUT2D eigenvalue weighted by Crippen LogP contribution is -2.28. The average Bonchev–Trinajstić information content (AvgIpc) is 2.54. The highest BCUT2D eigenvalue weighted by atomic mass is 16.1. The summed E-state index contributed by atoms with van der Waals surface area (Å²) in [7, 11) is 0. The Morgan fingerprint density at radius 3 is 1.89 bits per heavy atom. The molecule has 0 saturated heterocycles. The first kappa shape index (κ1) is 11.3. The molecule has 0 aliphatic heterocycles. The summed E-state index contributed by atoms with van der Waals surface area (Å²) in [6.07, 6.45) is 1.72. The van der Waals surface area contributed by atoms with Crippen molar-refractivity contribution < 1.29 is 9.59 Å². The van der Waals surface area contributed by atoms with E-state index in [1.165, 1.54) is 0 Å². The van der Waals surface area contributed by atoms with Gasteiger partial charge in [-0.1, -0.05) is 13.8 Å². The van der Waals surface area contributed by atoms with Crippen molar-refractivity contribution in [1.29, 1.82) is 0 Å². The van der Waals surface area contributed by atoms with Crippen molar-refractivity contribution in [3.63, 3.8) is 0 Å². The van der Waals surface area contributed by atoms with Crippen LogP contribution in [0.2, 0.25) is 0 Å². The van der Waals surface area contributed by atoms with Crippen LogP contribution in [0.4, 0.5) is 0 Å². The van der Waals surface area contributed by atoms with E-state index in [1.54, 1.807) is 0 Å². The SMILES string of the molecule is CC1Cc2c3c(C(N)=O)c(c(C(N)=O)c21)C(C)C3. The van der Waals surface area contributed by atoms with Gasteiger partial charge in [0.05, 0.1) is 0 Å². The van der Waals surface area contributed by atoms with Gasteiger partial charge in [-0.05, 0) is 46.9 Å². The van der Waals surface area contributed by atoms with Gasteiger partial charge in [-0.2, -0.15) is 0 Å². The summed E-state index contributed by atoms with van der Waals surface area (Å²) in [5.41, 5.74) is 16.2. The van der Waals surface area contributed by atoms with Crippen LogP contribution in [0.3, 0.4) is 0 Å². The van der Waals surface area contributed by atoms with Crippen LogP contribution in [0.1, 0.15) is 68.7 Å². The second-order valence-corrected chi connectivity index (χ2v) is 5.47. The molecule has 2 aliphatic carbocycles. The van der Waals surface area contributed by atoms with Gasteiger partial charge in [0.15, 0.2) is 0 Å². The number of hydrogen-bond acceptors (Lipinski definition) is 2. The van der Waals surface area contributed by atoms with Crippen LogP contribution in [0.15, 0.2) is 0 Å². The first-order valence-corrected chi connectivity index (χ1v) is 6.24. The van der Waals surface area contributed by atoms with E-state index in [1.807, 2.05) is 6.92 Å². The summed E-state index contributed by atoms with van der Waals surface area (Å²) < 4.78 is 0. The number of amides is 2. The molecular weight excluding hydrogens is 228 g/mol. The molecule has 1 aromatic rings. The number of rotatable bonds is 2. The maximum atomic E-state index is 11.7. The third-order valence-electron chi connectivity index (χ3n) is 4.30. The largest absolute Gasteiger partial charge is 0.366 e. The number of benzene rings is 1. The summed E-state index contributed by atoms with van der Waals surface area (Å²) in [4.78, 5) is 23.4. The highest BCUT2D eigenvalue weighted by Crippen LogP contribution is 2.49. The third-order valence-corrected chi connectivity index (χ3v) is 4.30. The van der Waals surface area contributed by atoms with Crippen LogP contribution in [-0.2, 0) is 12.8 Å². The second kappa shape index (κ2) is 3.34. The molecule has 18 heavy (non-hydrogen) atoms. The van der Waals surface area contributed by atoms with Gasteiger partial charge in [0.1, 0.15) is 0 Å². The molecule has 4 heteroatoms. The van der Waals surface area contributed by atoms with Crippen LogP contribution >= 0.6 is 0 Å². The van der Waals surface area contributed by atoms with Gasteiger partial charge < -0.3 is 11.5 Å². The molecule has 0 saturated carbocycles. The fourth-order valence-electron chi connectivity index (χ4n) is 3.62. The normalized spacial score (nSPS) is 23.4. The zero-order chi connectivity index (χ0) is 13.2. The first-order chi connectivity index (χ1) is 8.43. The van der Waals surface area contributed by atoms with Crippen molar-refractivity contribution in [2.75, 3.05) is 0 Å². The van der Waals surface area contributed by atoms with Crippen LogP contribution < -0.4 is 11.5 Å². The molecule has 2 bridgehead atoms. The minimum Gasteiger partial charge on any atom is -0.366 e. The number of fused-ring (bicyclic) bond motifs is 4.